The second-order valence-electron chi connectivity index (χ2n) is 5.43. The second kappa shape index (κ2) is 5.27. The Labute approximate surface area is 113 Å². The predicted octanol–water partition coefficient (Wildman–Crippen LogP) is 1.21. The molecule has 0 aliphatic carbocycles. The van der Waals surface area contributed by atoms with Crippen LogP contribution in [0.25, 0.3) is 0 Å². The number of para-hydroxylation sites is 1. The van der Waals surface area contributed by atoms with Crippen LogP contribution in [0.2, 0.25) is 0 Å². The van der Waals surface area contributed by atoms with Gasteiger partial charge >= 0.3 is 0 Å². The zero-order valence-corrected chi connectivity index (χ0v) is 11.4. The summed E-state index contributed by atoms with van der Waals surface area (Å²) in [7, 11) is 0. The Morgan fingerprint density at radius 3 is 2.58 bits per heavy atom. The van der Waals surface area contributed by atoms with E-state index in [1.807, 2.05) is 18.7 Å². The maximum atomic E-state index is 13.7. The molecule has 1 aromatic carbocycles. The Hall–Kier alpha value is -1.46. The number of nitrogens with two attached hydrogens (primary N) is 1. The molecule has 2 rings (SSSR count). The normalized spacial score (nSPS) is 17.9. The van der Waals surface area contributed by atoms with Gasteiger partial charge in [0.2, 0.25) is 5.91 Å². The van der Waals surface area contributed by atoms with Gasteiger partial charge in [-0.3, -0.25) is 9.69 Å². The molecular weight excluding hydrogens is 245 g/mol. The van der Waals surface area contributed by atoms with Gasteiger partial charge < -0.3 is 10.6 Å². The summed E-state index contributed by atoms with van der Waals surface area (Å²) in [6.45, 7) is 5.98. The van der Waals surface area contributed by atoms with Crippen LogP contribution in [0.4, 0.5) is 10.1 Å². The quantitative estimate of drug-likeness (QED) is 0.893. The van der Waals surface area contributed by atoms with Crippen LogP contribution in [0, 0.1) is 5.82 Å². The van der Waals surface area contributed by atoms with Crippen molar-refractivity contribution in [2.24, 2.45) is 5.73 Å². The molecule has 1 amide bonds. The number of carbonyl (C=O) groups is 1. The Morgan fingerprint density at radius 1 is 1.32 bits per heavy atom. The zero-order chi connectivity index (χ0) is 14.0. The number of amides is 1. The average Bonchev–Trinajstić information content (AvgIpc) is 2.39. The van der Waals surface area contributed by atoms with Gasteiger partial charge in [0.15, 0.2) is 0 Å². The highest BCUT2D eigenvalue weighted by Crippen LogP contribution is 2.23. The number of carbonyl (C=O) groups excluding carboxylic acids is 1. The largest absolute Gasteiger partial charge is 0.329 e. The van der Waals surface area contributed by atoms with E-state index in [1.165, 1.54) is 11.0 Å². The molecule has 0 spiro atoms. The third kappa shape index (κ3) is 2.77. The number of benzene rings is 1. The average molecular weight is 265 g/mol. The lowest BCUT2D eigenvalue weighted by atomic mass is 10.0. The lowest BCUT2D eigenvalue weighted by molar-refractivity contribution is -0.123. The summed E-state index contributed by atoms with van der Waals surface area (Å²) < 4.78 is 13.7. The number of nitrogens with zero attached hydrogens (tertiary/aromatic N) is 2. The summed E-state index contributed by atoms with van der Waals surface area (Å²) in [4.78, 5) is 15.8. The van der Waals surface area contributed by atoms with E-state index in [0.717, 1.165) is 0 Å². The topological polar surface area (TPSA) is 49.6 Å². The van der Waals surface area contributed by atoms with Crippen molar-refractivity contribution in [2.75, 3.05) is 31.1 Å². The molecular formula is C14H20FN3O. The fraction of sp³-hybridized carbons (Fsp3) is 0.500. The van der Waals surface area contributed by atoms with E-state index >= 15 is 0 Å². The summed E-state index contributed by atoms with van der Waals surface area (Å²) in [5.74, 6) is -0.444. The van der Waals surface area contributed by atoms with Crippen LogP contribution in [-0.4, -0.2) is 42.5 Å². The highest BCUT2D eigenvalue weighted by atomic mass is 19.1. The van der Waals surface area contributed by atoms with Crippen molar-refractivity contribution in [2.45, 2.75) is 19.4 Å². The molecule has 1 aliphatic rings. The smallest absolute Gasteiger partial charge is 0.241 e. The number of rotatable bonds is 3. The van der Waals surface area contributed by atoms with E-state index in [1.54, 1.807) is 18.2 Å². The van der Waals surface area contributed by atoms with Crippen molar-refractivity contribution in [3.63, 3.8) is 0 Å². The highest BCUT2D eigenvalue weighted by Gasteiger charge is 2.33. The van der Waals surface area contributed by atoms with Crippen LogP contribution in [0.3, 0.4) is 0 Å². The maximum Gasteiger partial charge on any atom is 0.241 e. The number of hydrogen-bond donors (Lipinski definition) is 1. The molecule has 4 nitrogen and oxygen atoms in total. The van der Waals surface area contributed by atoms with E-state index in [-0.39, 0.29) is 23.8 Å². The molecule has 0 bridgehead atoms. The van der Waals surface area contributed by atoms with E-state index < -0.39 is 0 Å². The van der Waals surface area contributed by atoms with Gasteiger partial charge in [-0.05, 0) is 26.0 Å². The number of piperazine rings is 1. The minimum atomic E-state index is -0.359. The minimum Gasteiger partial charge on any atom is -0.329 e. The third-order valence-corrected chi connectivity index (χ3v) is 3.72. The lowest BCUT2D eigenvalue weighted by Gasteiger charge is -2.43. The lowest BCUT2D eigenvalue weighted by Crippen LogP contribution is -2.59. The highest BCUT2D eigenvalue weighted by molar-refractivity contribution is 5.95. The van der Waals surface area contributed by atoms with Crippen molar-refractivity contribution in [3.05, 3.63) is 30.1 Å². The van der Waals surface area contributed by atoms with Gasteiger partial charge in [0.05, 0.1) is 12.2 Å². The SMILES string of the molecule is CC(C)(CN)N1CCN(c2ccccc2F)C(=O)C1. The minimum absolute atomic E-state index is 0.0853. The molecule has 0 saturated carbocycles. The van der Waals surface area contributed by atoms with Crippen molar-refractivity contribution in [1.29, 1.82) is 0 Å². The first-order chi connectivity index (χ1) is 8.95. The van der Waals surface area contributed by atoms with Gasteiger partial charge in [-0.15, -0.1) is 0 Å². The summed E-state index contributed by atoms with van der Waals surface area (Å²) in [6.07, 6.45) is 0. The molecule has 1 aromatic rings. The fourth-order valence-corrected chi connectivity index (χ4v) is 2.24. The molecule has 0 radical (unpaired) electrons. The Bertz CT molecular complexity index is 476. The molecule has 2 N–H and O–H groups in total. The first-order valence-electron chi connectivity index (χ1n) is 6.46. The molecule has 1 fully saturated rings. The fourth-order valence-electron chi connectivity index (χ4n) is 2.24. The van der Waals surface area contributed by atoms with Gasteiger partial charge in [-0.1, -0.05) is 12.1 Å². The molecule has 104 valence electrons. The maximum absolute atomic E-state index is 13.7. The molecule has 1 aliphatic heterocycles. The Kier molecular flexibility index (Phi) is 3.87. The standard InChI is InChI=1S/C14H20FN3O/c1-14(2,10-16)17-7-8-18(13(19)9-17)12-6-4-3-5-11(12)15/h3-6H,7-10,16H2,1-2H3. The van der Waals surface area contributed by atoms with Gasteiger partial charge in [0.25, 0.3) is 0 Å². The molecule has 0 atom stereocenters. The van der Waals surface area contributed by atoms with Crippen LogP contribution in [0.1, 0.15) is 13.8 Å². The monoisotopic (exact) mass is 265 g/mol. The number of anilines is 1. The van der Waals surface area contributed by atoms with E-state index in [2.05, 4.69) is 0 Å². The van der Waals surface area contributed by atoms with Crippen LogP contribution in [-0.2, 0) is 4.79 Å². The molecule has 19 heavy (non-hydrogen) atoms. The van der Waals surface area contributed by atoms with Gasteiger partial charge in [-0.2, -0.15) is 0 Å². The summed E-state index contributed by atoms with van der Waals surface area (Å²) in [5, 5.41) is 0. The van der Waals surface area contributed by atoms with Crippen LogP contribution < -0.4 is 10.6 Å². The first kappa shape index (κ1) is 14.0. The Balaban J connectivity index is 2.14. The first-order valence-corrected chi connectivity index (χ1v) is 6.46. The molecule has 1 heterocycles. The van der Waals surface area contributed by atoms with Crippen molar-refractivity contribution >= 4 is 11.6 Å². The zero-order valence-electron chi connectivity index (χ0n) is 11.4. The van der Waals surface area contributed by atoms with Crippen LogP contribution >= 0.6 is 0 Å². The van der Waals surface area contributed by atoms with Gasteiger partial charge in [0, 0.05) is 25.2 Å². The van der Waals surface area contributed by atoms with E-state index in [9.17, 15) is 9.18 Å². The molecule has 1 saturated heterocycles. The predicted molar refractivity (Wildman–Crippen MR) is 73.5 cm³/mol. The number of hydrogen-bond acceptors (Lipinski definition) is 3. The summed E-state index contributed by atoms with van der Waals surface area (Å²) in [6, 6.07) is 6.37. The van der Waals surface area contributed by atoms with Gasteiger partial charge in [-0.25, -0.2) is 4.39 Å². The number of halogens is 1. The Morgan fingerprint density at radius 2 is 2.00 bits per heavy atom. The summed E-state index contributed by atoms with van der Waals surface area (Å²) >= 11 is 0. The van der Waals surface area contributed by atoms with Crippen molar-refractivity contribution < 1.29 is 9.18 Å². The van der Waals surface area contributed by atoms with Crippen LogP contribution in [0.15, 0.2) is 24.3 Å². The van der Waals surface area contributed by atoms with Crippen LogP contribution in [0.5, 0.6) is 0 Å². The van der Waals surface area contributed by atoms with E-state index in [4.69, 9.17) is 5.73 Å². The van der Waals surface area contributed by atoms with E-state index in [0.29, 0.717) is 25.3 Å². The third-order valence-electron chi connectivity index (χ3n) is 3.72. The molecule has 0 unspecified atom stereocenters. The summed E-state index contributed by atoms with van der Waals surface area (Å²) in [5.41, 5.74) is 5.87. The van der Waals surface area contributed by atoms with Crippen molar-refractivity contribution in [1.82, 2.24) is 4.90 Å². The van der Waals surface area contributed by atoms with Crippen molar-refractivity contribution in [3.8, 4) is 0 Å². The molecule has 5 heteroatoms. The van der Waals surface area contributed by atoms with Gasteiger partial charge in [0.1, 0.15) is 5.82 Å². The molecule has 0 aromatic heterocycles. The second-order valence-corrected chi connectivity index (χ2v) is 5.43.